The Bertz CT molecular complexity index is 1160. The van der Waals surface area contributed by atoms with Crippen molar-refractivity contribution in [3.8, 4) is 5.75 Å². The molecule has 0 saturated carbocycles. The fraction of sp³-hybridized carbons (Fsp3) is 0.417. The minimum absolute atomic E-state index is 0.198. The second-order valence-corrected chi connectivity index (χ2v) is 10.4. The van der Waals surface area contributed by atoms with E-state index in [1.807, 2.05) is 0 Å². The molecule has 8 nitrogen and oxygen atoms in total. The number of para-hydroxylation sites is 2. The van der Waals surface area contributed by atoms with Crippen LogP contribution in [0.4, 0.5) is 11.4 Å². The maximum absolute atomic E-state index is 13.3. The van der Waals surface area contributed by atoms with E-state index in [1.54, 1.807) is 54.6 Å². The summed E-state index contributed by atoms with van der Waals surface area (Å²) in [7, 11) is -3.66. The summed E-state index contributed by atoms with van der Waals surface area (Å²) in [6, 6.07) is 11.9. The normalized spacial score (nSPS) is 19.4. The molecule has 2 aromatic carbocycles. The van der Waals surface area contributed by atoms with E-state index in [-0.39, 0.29) is 17.3 Å². The number of amides is 2. The van der Waals surface area contributed by atoms with E-state index in [2.05, 4.69) is 5.32 Å². The topological polar surface area (TPSA) is 96.0 Å². The zero-order chi connectivity index (χ0) is 23.6. The maximum Gasteiger partial charge on any atom is 0.268 e. The summed E-state index contributed by atoms with van der Waals surface area (Å²) >= 11 is 0. The number of aryl methyl sites for hydroxylation is 1. The molecular formula is C24H29N3O5S. The van der Waals surface area contributed by atoms with Crippen LogP contribution in [-0.2, 0) is 19.6 Å². The summed E-state index contributed by atoms with van der Waals surface area (Å²) in [5.74, 6) is -0.190. The second-order valence-electron chi connectivity index (χ2n) is 8.50. The third-order valence-electron chi connectivity index (χ3n) is 6.03. The second kappa shape index (κ2) is 9.52. The van der Waals surface area contributed by atoms with Gasteiger partial charge >= 0.3 is 0 Å². The van der Waals surface area contributed by atoms with Crippen molar-refractivity contribution in [1.82, 2.24) is 4.31 Å². The number of carbonyl (C=O) groups is 2. The monoisotopic (exact) mass is 471 g/mol. The van der Waals surface area contributed by atoms with Gasteiger partial charge < -0.3 is 10.1 Å². The van der Waals surface area contributed by atoms with Crippen molar-refractivity contribution in [1.29, 1.82) is 0 Å². The number of fused-ring (bicyclic) bond motifs is 1. The first-order chi connectivity index (χ1) is 15.8. The molecule has 9 heteroatoms. The summed E-state index contributed by atoms with van der Waals surface area (Å²) in [6.07, 6.45) is 3.06. The molecule has 1 fully saturated rings. The van der Waals surface area contributed by atoms with Gasteiger partial charge in [-0.25, -0.2) is 8.42 Å². The van der Waals surface area contributed by atoms with Gasteiger partial charge in [0.05, 0.1) is 10.6 Å². The lowest BCUT2D eigenvalue weighted by Gasteiger charge is -2.32. The molecule has 0 radical (unpaired) electrons. The van der Waals surface area contributed by atoms with Gasteiger partial charge in [0.2, 0.25) is 15.9 Å². The van der Waals surface area contributed by atoms with Crippen molar-refractivity contribution in [2.45, 2.75) is 50.5 Å². The van der Waals surface area contributed by atoms with Gasteiger partial charge in [-0.05, 0) is 56.5 Å². The van der Waals surface area contributed by atoms with Crippen molar-refractivity contribution in [3.05, 3.63) is 48.0 Å². The lowest BCUT2D eigenvalue weighted by Crippen LogP contribution is -2.47. The van der Waals surface area contributed by atoms with Crippen molar-refractivity contribution in [2.24, 2.45) is 0 Å². The summed E-state index contributed by atoms with van der Waals surface area (Å²) in [4.78, 5) is 27.1. The molecule has 2 aliphatic rings. The molecular weight excluding hydrogens is 442 g/mol. The van der Waals surface area contributed by atoms with Crippen molar-refractivity contribution < 1.29 is 22.7 Å². The van der Waals surface area contributed by atoms with Crippen LogP contribution in [-0.4, -0.2) is 50.3 Å². The molecule has 1 unspecified atom stereocenters. The van der Waals surface area contributed by atoms with Gasteiger partial charge in [-0.15, -0.1) is 0 Å². The molecule has 0 bridgehead atoms. The highest BCUT2D eigenvalue weighted by atomic mass is 32.2. The summed E-state index contributed by atoms with van der Waals surface area (Å²) in [5, 5.41) is 2.75. The summed E-state index contributed by atoms with van der Waals surface area (Å²) in [6.45, 7) is 4.21. The van der Waals surface area contributed by atoms with E-state index >= 15 is 0 Å². The number of nitrogens with zero attached hydrogens (tertiary/aromatic N) is 2. The Hall–Kier alpha value is -2.91. The number of sulfonamides is 1. The Morgan fingerprint density at radius 3 is 2.52 bits per heavy atom. The van der Waals surface area contributed by atoms with Crippen LogP contribution in [0.2, 0.25) is 0 Å². The third-order valence-corrected chi connectivity index (χ3v) is 8.07. The molecule has 2 aromatic rings. The summed E-state index contributed by atoms with van der Waals surface area (Å²) < 4.78 is 33.7. The number of nitrogens with one attached hydrogen (secondary N) is 1. The number of hydrogen-bond donors (Lipinski definition) is 1. The first kappa shape index (κ1) is 23.3. The van der Waals surface area contributed by atoms with Gasteiger partial charge in [0.1, 0.15) is 12.3 Å². The molecule has 1 N–H and O–H groups in total. The highest BCUT2D eigenvalue weighted by molar-refractivity contribution is 7.89. The van der Waals surface area contributed by atoms with Gasteiger partial charge in [-0.1, -0.05) is 31.0 Å². The highest BCUT2D eigenvalue weighted by Crippen LogP contribution is 2.33. The Balaban J connectivity index is 1.53. The van der Waals surface area contributed by atoms with E-state index < -0.39 is 22.0 Å². The molecule has 2 amide bonds. The average Bonchev–Trinajstić information content (AvgIpc) is 3.08. The molecule has 4 rings (SSSR count). The first-order valence-corrected chi connectivity index (χ1v) is 12.7. The largest absolute Gasteiger partial charge is 0.479 e. The molecule has 1 atom stereocenters. The van der Waals surface area contributed by atoms with Crippen LogP contribution in [0, 0.1) is 6.92 Å². The predicted octanol–water partition coefficient (Wildman–Crippen LogP) is 3.31. The van der Waals surface area contributed by atoms with Crippen LogP contribution in [0.5, 0.6) is 5.75 Å². The van der Waals surface area contributed by atoms with Crippen molar-refractivity contribution in [3.63, 3.8) is 0 Å². The van der Waals surface area contributed by atoms with E-state index in [0.29, 0.717) is 35.8 Å². The van der Waals surface area contributed by atoms with Crippen molar-refractivity contribution >= 4 is 33.2 Å². The molecule has 0 spiro atoms. The number of rotatable bonds is 5. The summed E-state index contributed by atoms with van der Waals surface area (Å²) in [5.41, 5.74) is 1.54. The molecule has 0 aromatic heterocycles. The molecule has 33 heavy (non-hydrogen) atoms. The van der Waals surface area contributed by atoms with Crippen LogP contribution >= 0.6 is 0 Å². The van der Waals surface area contributed by atoms with Crippen molar-refractivity contribution in [2.75, 3.05) is 29.9 Å². The minimum Gasteiger partial charge on any atom is -0.479 e. The fourth-order valence-corrected chi connectivity index (χ4v) is 6.01. The number of carbonyl (C=O) groups excluding carboxylic acids is 2. The van der Waals surface area contributed by atoms with Crippen LogP contribution in [0.15, 0.2) is 47.4 Å². The Kier molecular flexibility index (Phi) is 6.71. The molecule has 2 heterocycles. The van der Waals surface area contributed by atoms with Crippen LogP contribution in [0.1, 0.15) is 38.2 Å². The third kappa shape index (κ3) is 4.89. The number of hydrogen-bond acceptors (Lipinski definition) is 5. The van der Waals surface area contributed by atoms with Gasteiger partial charge in [0.15, 0.2) is 6.10 Å². The van der Waals surface area contributed by atoms with Gasteiger partial charge in [-0.2, -0.15) is 4.31 Å². The van der Waals surface area contributed by atoms with Gasteiger partial charge in [0, 0.05) is 18.8 Å². The zero-order valence-corrected chi connectivity index (χ0v) is 19.7. The Morgan fingerprint density at radius 1 is 1.09 bits per heavy atom. The minimum atomic E-state index is -3.66. The standard InChI is InChI=1S/C24H29N3O5S/c1-17-11-12-19(15-22(17)33(30,31)26-13-7-3-4-8-14-26)25-23(28)16-27-20-9-5-6-10-21(20)32-18(2)24(27)29/h5-6,9-12,15,18H,3-4,7-8,13-14,16H2,1-2H3,(H,25,28). The molecule has 0 aliphatic carbocycles. The number of ether oxygens (including phenoxy) is 1. The van der Waals surface area contributed by atoms with Crippen LogP contribution in [0.3, 0.4) is 0 Å². The molecule has 1 saturated heterocycles. The molecule has 176 valence electrons. The lowest BCUT2D eigenvalue weighted by atomic mass is 10.2. The smallest absolute Gasteiger partial charge is 0.268 e. The number of benzene rings is 2. The Morgan fingerprint density at radius 2 is 1.79 bits per heavy atom. The Labute approximate surface area is 194 Å². The maximum atomic E-state index is 13.3. The highest BCUT2D eigenvalue weighted by Gasteiger charge is 2.33. The predicted molar refractivity (Wildman–Crippen MR) is 126 cm³/mol. The molecule has 2 aliphatic heterocycles. The van der Waals surface area contributed by atoms with Crippen LogP contribution < -0.4 is 15.0 Å². The quantitative estimate of drug-likeness (QED) is 0.722. The fourth-order valence-electron chi connectivity index (χ4n) is 4.24. The lowest BCUT2D eigenvalue weighted by molar-refractivity contribution is -0.127. The van der Waals surface area contributed by atoms with E-state index in [1.165, 1.54) is 11.0 Å². The van der Waals surface area contributed by atoms with Crippen LogP contribution in [0.25, 0.3) is 0 Å². The SMILES string of the molecule is Cc1ccc(NC(=O)CN2C(=O)C(C)Oc3ccccc32)cc1S(=O)(=O)N1CCCCCC1. The van der Waals surface area contributed by atoms with Gasteiger partial charge in [-0.3, -0.25) is 14.5 Å². The number of anilines is 2. The average molecular weight is 472 g/mol. The van der Waals surface area contributed by atoms with E-state index in [9.17, 15) is 18.0 Å². The zero-order valence-electron chi connectivity index (χ0n) is 18.9. The van der Waals surface area contributed by atoms with Gasteiger partial charge in [0.25, 0.3) is 5.91 Å². The van der Waals surface area contributed by atoms with E-state index in [4.69, 9.17) is 4.74 Å². The first-order valence-electron chi connectivity index (χ1n) is 11.2. The van der Waals surface area contributed by atoms with E-state index in [0.717, 1.165) is 25.7 Å².